The van der Waals surface area contributed by atoms with Crippen LogP contribution >= 0.6 is 0 Å². The van der Waals surface area contributed by atoms with Crippen LogP contribution in [0.2, 0.25) is 0 Å². The van der Waals surface area contributed by atoms with E-state index in [4.69, 9.17) is 5.11 Å². The molecule has 2 heteroatoms. The zero-order valence-corrected chi connectivity index (χ0v) is 10.7. The quantitative estimate of drug-likeness (QED) is 0.856. The van der Waals surface area contributed by atoms with Gasteiger partial charge in [0, 0.05) is 12.5 Å². The fraction of sp³-hybridized carbons (Fsp3) is 0.250. The Morgan fingerprint density at radius 1 is 1.06 bits per heavy atom. The minimum Gasteiger partial charge on any atom is -0.508 e. The number of phenolic OH excluding ortho intramolecular Hbond substituents is 1. The minimum absolute atomic E-state index is 0.0357. The molecule has 0 saturated heterocycles. The lowest BCUT2D eigenvalue weighted by molar-refractivity contribution is 0.468. The van der Waals surface area contributed by atoms with Gasteiger partial charge in [-0.1, -0.05) is 44.2 Å². The van der Waals surface area contributed by atoms with Gasteiger partial charge in [-0.3, -0.25) is 0 Å². The normalized spacial score (nSPS) is 10.9. The average Bonchev–Trinajstić information content (AvgIpc) is 2.33. The van der Waals surface area contributed by atoms with E-state index >= 15 is 0 Å². The highest BCUT2D eigenvalue weighted by molar-refractivity contribution is 5.33. The third-order valence-electron chi connectivity index (χ3n) is 3.08. The second kappa shape index (κ2) is 5.21. The number of phenols is 1. The Kier molecular flexibility index (Phi) is 3.66. The van der Waals surface area contributed by atoms with Crippen LogP contribution in [0.1, 0.15) is 36.5 Å². The zero-order valence-electron chi connectivity index (χ0n) is 10.7. The Morgan fingerprint density at radius 2 is 1.72 bits per heavy atom. The smallest absolute Gasteiger partial charge is 0.130 e. The molecule has 0 bridgehead atoms. The molecular weight excluding hydrogens is 227 g/mol. The lowest BCUT2D eigenvalue weighted by atomic mass is 9.99. The molecule has 0 radical (unpaired) electrons. The Labute approximate surface area is 107 Å². The molecule has 0 fully saturated rings. The van der Waals surface area contributed by atoms with E-state index < -0.39 is 0 Å². The molecule has 1 nitrogen and oxygen atoms in total. The van der Waals surface area contributed by atoms with Gasteiger partial charge in [-0.15, -0.1) is 0 Å². The highest BCUT2D eigenvalue weighted by atomic mass is 19.1. The first-order chi connectivity index (χ1) is 8.56. The van der Waals surface area contributed by atoms with Gasteiger partial charge in [0.05, 0.1) is 0 Å². The van der Waals surface area contributed by atoms with Crippen molar-refractivity contribution >= 4 is 0 Å². The van der Waals surface area contributed by atoms with Crippen molar-refractivity contribution in [2.45, 2.75) is 26.2 Å². The van der Waals surface area contributed by atoms with Gasteiger partial charge in [-0.25, -0.2) is 4.39 Å². The van der Waals surface area contributed by atoms with Crippen molar-refractivity contribution in [3.05, 3.63) is 65.0 Å². The summed E-state index contributed by atoms with van der Waals surface area (Å²) in [6.45, 7) is 4.29. The van der Waals surface area contributed by atoms with Crippen LogP contribution in [-0.2, 0) is 6.42 Å². The third-order valence-corrected chi connectivity index (χ3v) is 3.08. The van der Waals surface area contributed by atoms with E-state index in [2.05, 4.69) is 26.0 Å². The van der Waals surface area contributed by atoms with E-state index in [1.165, 1.54) is 11.6 Å². The summed E-state index contributed by atoms with van der Waals surface area (Å²) in [6.07, 6.45) is 0.546. The van der Waals surface area contributed by atoms with E-state index in [1.54, 1.807) is 6.07 Å². The SMILES string of the molecule is CC(C)c1ccc(Cc2ccc(O)cc2F)cc1. The summed E-state index contributed by atoms with van der Waals surface area (Å²) in [4.78, 5) is 0. The van der Waals surface area contributed by atoms with Gasteiger partial charge in [0.1, 0.15) is 11.6 Å². The molecular formula is C16H17FO. The molecule has 2 aromatic carbocycles. The fourth-order valence-electron chi connectivity index (χ4n) is 1.92. The van der Waals surface area contributed by atoms with Crippen LogP contribution in [0.15, 0.2) is 42.5 Å². The number of rotatable bonds is 3. The first kappa shape index (κ1) is 12.6. The first-order valence-electron chi connectivity index (χ1n) is 6.12. The topological polar surface area (TPSA) is 20.2 Å². The lowest BCUT2D eigenvalue weighted by Gasteiger charge is -2.08. The van der Waals surface area contributed by atoms with E-state index in [0.717, 1.165) is 11.6 Å². The molecule has 0 spiro atoms. The molecule has 0 amide bonds. The number of hydrogen-bond acceptors (Lipinski definition) is 1. The summed E-state index contributed by atoms with van der Waals surface area (Å²) in [7, 11) is 0. The summed E-state index contributed by atoms with van der Waals surface area (Å²) in [5, 5.41) is 9.16. The lowest BCUT2D eigenvalue weighted by Crippen LogP contribution is -1.93. The molecule has 0 saturated carbocycles. The maximum Gasteiger partial charge on any atom is 0.130 e. The second-order valence-corrected chi connectivity index (χ2v) is 4.85. The maximum absolute atomic E-state index is 13.6. The second-order valence-electron chi connectivity index (χ2n) is 4.85. The van der Waals surface area contributed by atoms with Crippen molar-refractivity contribution < 1.29 is 9.50 Å². The Morgan fingerprint density at radius 3 is 2.28 bits per heavy atom. The fourth-order valence-corrected chi connectivity index (χ4v) is 1.92. The van der Waals surface area contributed by atoms with E-state index in [1.807, 2.05) is 12.1 Å². The predicted molar refractivity (Wildman–Crippen MR) is 71.4 cm³/mol. The van der Waals surface area contributed by atoms with Crippen LogP contribution in [-0.4, -0.2) is 5.11 Å². The van der Waals surface area contributed by atoms with E-state index in [-0.39, 0.29) is 11.6 Å². The zero-order chi connectivity index (χ0) is 13.1. The molecule has 0 aliphatic rings. The highest BCUT2D eigenvalue weighted by Crippen LogP contribution is 2.20. The number of hydrogen-bond donors (Lipinski definition) is 1. The van der Waals surface area contributed by atoms with Gasteiger partial charge in [-0.2, -0.15) is 0 Å². The molecule has 2 aromatic rings. The van der Waals surface area contributed by atoms with Crippen LogP contribution in [0.3, 0.4) is 0 Å². The van der Waals surface area contributed by atoms with Gasteiger partial charge >= 0.3 is 0 Å². The van der Waals surface area contributed by atoms with Crippen LogP contribution in [0.25, 0.3) is 0 Å². The van der Waals surface area contributed by atoms with Crippen molar-refractivity contribution in [3.8, 4) is 5.75 Å². The molecule has 2 rings (SSSR count). The standard InChI is InChI=1S/C16H17FO/c1-11(2)13-5-3-12(4-6-13)9-14-7-8-15(18)10-16(14)17/h3-8,10-11,18H,9H2,1-2H3. The van der Waals surface area contributed by atoms with Gasteiger partial charge in [0.25, 0.3) is 0 Å². The Hall–Kier alpha value is -1.83. The largest absolute Gasteiger partial charge is 0.508 e. The van der Waals surface area contributed by atoms with Crippen molar-refractivity contribution in [2.24, 2.45) is 0 Å². The first-order valence-corrected chi connectivity index (χ1v) is 6.12. The van der Waals surface area contributed by atoms with Gasteiger partial charge in [0.15, 0.2) is 0 Å². The van der Waals surface area contributed by atoms with Crippen LogP contribution < -0.4 is 0 Å². The van der Waals surface area contributed by atoms with Crippen molar-refractivity contribution in [1.82, 2.24) is 0 Å². The van der Waals surface area contributed by atoms with E-state index in [9.17, 15) is 4.39 Å². The van der Waals surface area contributed by atoms with Crippen molar-refractivity contribution in [3.63, 3.8) is 0 Å². The highest BCUT2D eigenvalue weighted by Gasteiger charge is 2.05. The molecule has 0 aliphatic carbocycles. The van der Waals surface area contributed by atoms with Gasteiger partial charge < -0.3 is 5.11 Å². The maximum atomic E-state index is 13.6. The average molecular weight is 244 g/mol. The molecule has 1 N–H and O–H groups in total. The summed E-state index contributed by atoms with van der Waals surface area (Å²) in [6, 6.07) is 12.5. The number of halogens is 1. The number of benzene rings is 2. The van der Waals surface area contributed by atoms with Crippen molar-refractivity contribution in [2.75, 3.05) is 0 Å². The summed E-state index contributed by atoms with van der Waals surface area (Å²) >= 11 is 0. The summed E-state index contributed by atoms with van der Waals surface area (Å²) < 4.78 is 13.6. The molecule has 0 atom stereocenters. The Balaban J connectivity index is 2.18. The predicted octanol–water partition coefficient (Wildman–Crippen LogP) is 4.25. The molecule has 0 unspecified atom stereocenters. The monoisotopic (exact) mass is 244 g/mol. The van der Waals surface area contributed by atoms with Crippen LogP contribution in [0.5, 0.6) is 5.75 Å². The third kappa shape index (κ3) is 2.89. The summed E-state index contributed by atoms with van der Waals surface area (Å²) in [5.74, 6) is 0.110. The molecule has 0 aromatic heterocycles. The van der Waals surface area contributed by atoms with Gasteiger partial charge in [0.2, 0.25) is 0 Å². The number of aromatic hydroxyl groups is 1. The van der Waals surface area contributed by atoms with Crippen LogP contribution in [0, 0.1) is 5.82 Å². The molecule has 94 valence electrons. The summed E-state index contributed by atoms with van der Waals surface area (Å²) in [5.41, 5.74) is 2.96. The minimum atomic E-state index is -0.358. The van der Waals surface area contributed by atoms with Gasteiger partial charge in [-0.05, 0) is 28.7 Å². The molecule has 0 heterocycles. The van der Waals surface area contributed by atoms with Crippen molar-refractivity contribution in [1.29, 1.82) is 0 Å². The van der Waals surface area contributed by atoms with E-state index in [0.29, 0.717) is 17.9 Å². The van der Waals surface area contributed by atoms with Crippen LogP contribution in [0.4, 0.5) is 4.39 Å². The molecule has 18 heavy (non-hydrogen) atoms. The Bertz CT molecular complexity index is 529. The molecule has 0 aliphatic heterocycles.